The van der Waals surface area contributed by atoms with E-state index in [0.717, 1.165) is 34.1 Å². The van der Waals surface area contributed by atoms with Crippen LogP contribution < -0.4 is 5.32 Å². The molecule has 190 valence electrons. The van der Waals surface area contributed by atoms with E-state index in [2.05, 4.69) is 76.8 Å². The van der Waals surface area contributed by atoms with E-state index in [1.165, 1.54) is 43.5 Å². The first-order valence-corrected chi connectivity index (χ1v) is 13.6. The van der Waals surface area contributed by atoms with Crippen LogP contribution in [0.5, 0.6) is 0 Å². The monoisotopic (exact) mass is 503 g/mol. The Labute approximate surface area is 221 Å². The SMILES string of the molecule is CC1C2CCC(CC2)C1Nc1cc(-c2ccc(-c3ccccc3)cc2)nc(-c2c[nH]c3ncc(F)cc23)n1. The molecule has 3 aliphatic carbocycles. The lowest BCUT2D eigenvalue weighted by atomic mass is 9.62. The van der Waals surface area contributed by atoms with Gasteiger partial charge in [0, 0.05) is 34.8 Å². The van der Waals surface area contributed by atoms with E-state index in [9.17, 15) is 4.39 Å². The molecule has 2 N–H and O–H groups in total. The third-order valence-electron chi connectivity index (χ3n) is 8.70. The van der Waals surface area contributed by atoms with Crippen LogP contribution in [-0.4, -0.2) is 26.0 Å². The maximum absolute atomic E-state index is 14.1. The number of aromatic nitrogens is 4. The minimum atomic E-state index is -0.378. The molecule has 3 heterocycles. The summed E-state index contributed by atoms with van der Waals surface area (Å²) in [7, 11) is 0. The number of hydrogen-bond donors (Lipinski definition) is 2. The van der Waals surface area contributed by atoms with Crippen molar-refractivity contribution in [3.05, 3.63) is 84.9 Å². The van der Waals surface area contributed by atoms with Gasteiger partial charge in [-0.2, -0.15) is 0 Å². The van der Waals surface area contributed by atoms with Gasteiger partial charge in [-0.25, -0.2) is 19.3 Å². The molecule has 2 aromatic carbocycles. The standard InChI is InChI=1S/C32H30FN5/c1-19-20-7-13-24(14-8-20)30(19)37-29-16-28(23-11-9-22(10-12-23)21-5-3-2-4-6-21)36-32(38-29)27-18-35-31-26(27)15-25(33)17-34-31/h2-6,9-12,15-20,24,30H,7-8,13-14H2,1H3,(H,34,35)(H,36,37,38). The number of nitrogens with one attached hydrogen (secondary N) is 2. The molecule has 8 rings (SSSR count). The van der Waals surface area contributed by atoms with Crippen molar-refractivity contribution in [1.29, 1.82) is 0 Å². The fourth-order valence-corrected chi connectivity index (χ4v) is 6.59. The summed E-state index contributed by atoms with van der Waals surface area (Å²) in [5, 5.41) is 4.50. The molecule has 6 heteroatoms. The zero-order valence-electron chi connectivity index (χ0n) is 21.4. The molecule has 2 atom stereocenters. The predicted octanol–water partition coefficient (Wildman–Crippen LogP) is 7.73. The van der Waals surface area contributed by atoms with Crippen LogP contribution >= 0.6 is 0 Å². The van der Waals surface area contributed by atoms with Gasteiger partial charge in [0.2, 0.25) is 0 Å². The Morgan fingerprint density at radius 2 is 1.55 bits per heavy atom. The summed E-state index contributed by atoms with van der Waals surface area (Å²) < 4.78 is 14.1. The van der Waals surface area contributed by atoms with Gasteiger partial charge in [-0.05, 0) is 60.6 Å². The lowest BCUT2D eigenvalue weighted by Crippen LogP contribution is -2.47. The van der Waals surface area contributed by atoms with E-state index in [0.29, 0.717) is 34.7 Å². The smallest absolute Gasteiger partial charge is 0.164 e. The minimum absolute atomic E-state index is 0.378. The van der Waals surface area contributed by atoms with Gasteiger partial charge < -0.3 is 10.3 Å². The van der Waals surface area contributed by atoms with Gasteiger partial charge in [-0.3, -0.25) is 0 Å². The highest BCUT2D eigenvalue weighted by molar-refractivity contribution is 5.92. The zero-order chi connectivity index (χ0) is 25.6. The molecule has 3 aliphatic rings. The summed E-state index contributed by atoms with van der Waals surface area (Å²) in [6, 6.07) is 22.8. The van der Waals surface area contributed by atoms with Crippen molar-refractivity contribution < 1.29 is 4.39 Å². The van der Waals surface area contributed by atoms with Crippen LogP contribution in [0.3, 0.4) is 0 Å². The third-order valence-corrected chi connectivity index (χ3v) is 8.70. The molecule has 0 radical (unpaired) electrons. The number of pyridine rings is 1. The second-order valence-electron chi connectivity index (χ2n) is 10.9. The topological polar surface area (TPSA) is 66.5 Å². The Balaban J connectivity index is 1.31. The van der Waals surface area contributed by atoms with Crippen LogP contribution in [0.25, 0.3) is 44.8 Å². The van der Waals surface area contributed by atoms with Crippen molar-refractivity contribution in [2.45, 2.75) is 38.6 Å². The second kappa shape index (κ2) is 9.35. The number of fused-ring (bicyclic) bond motifs is 4. The van der Waals surface area contributed by atoms with Crippen molar-refractivity contribution in [3.8, 4) is 33.8 Å². The molecule has 2 bridgehead atoms. The average molecular weight is 504 g/mol. The normalized spacial score (nSPS) is 22.6. The Morgan fingerprint density at radius 1 is 0.842 bits per heavy atom. The number of halogens is 1. The van der Waals surface area contributed by atoms with Crippen molar-refractivity contribution in [2.75, 3.05) is 5.32 Å². The van der Waals surface area contributed by atoms with Gasteiger partial charge in [-0.1, -0.05) is 61.5 Å². The summed E-state index contributed by atoms with van der Waals surface area (Å²) in [6.45, 7) is 2.38. The van der Waals surface area contributed by atoms with Gasteiger partial charge in [0.25, 0.3) is 0 Å². The molecule has 2 unspecified atom stereocenters. The van der Waals surface area contributed by atoms with Crippen molar-refractivity contribution in [3.63, 3.8) is 0 Å². The first-order chi connectivity index (χ1) is 18.6. The lowest BCUT2D eigenvalue weighted by molar-refractivity contribution is 0.0928. The number of aromatic amines is 1. The number of nitrogens with zero attached hydrogens (tertiary/aromatic N) is 3. The maximum atomic E-state index is 14.1. The number of hydrogen-bond acceptors (Lipinski definition) is 4. The highest BCUT2D eigenvalue weighted by Gasteiger charge is 2.41. The highest BCUT2D eigenvalue weighted by atomic mass is 19.1. The average Bonchev–Trinajstić information content (AvgIpc) is 3.39. The van der Waals surface area contributed by atoms with Gasteiger partial charge >= 0.3 is 0 Å². The van der Waals surface area contributed by atoms with Gasteiger partial charge in [0.05, 0.1) is 11.9 Å². The van der Waals surface area contributed by atoms with E-state index >= 15 is 0 Å². The number of H-pyrrole nitrogens is 1. The molecule has 3 aromatic heterocycles. The molecule has 5 aromatic rings. The summed E-state index contributed by atoms with van der Waals surface area (Å²) >= 11 is 0. The van der Waals surface area contributed by atoms with Crippen molar-refractivity contribution in [2.24, 2.45) is 17.8 Å². The van der Waals surface area contributed by atoms with E-state index < -0.39 is 0 Å². The van der Waals surface area contributed by atoms with Crippen molar-refractivity contribution >= 4 is 16.9 Å². The quantitative estimate of drug-likeness (QED) is 0.258. The van der Waals surface area contributed by atoms with E-state index in [1.54, 1.807) is 0 Å². The van der Waals surface area contributed by atoms with Crippen molar-refractivity contribution in [1.82, 2.24) is 19.9 Å². The molecule has 3 saturated carbocycles. The molecular formula is C32H30FN5. The summed E-state index contributed by atoms with van der Waals surface area (Å²) in [4.78, 5) is 17.3. The zero-order valence-corrected chi connectivity index (χ0v) is 21.4. The van der Waals surface area contributed by atoms with Gasteiger partial charge in [0.1, 0.15) is 17.3 Å². The predicted molar refractivity (Wildman–Crippen MR) is 150 cm³/mol. The Kier molecular flexibility index (Phi) is 5.68. The lowest BCUT2D eigenvalue weighted by Gasteiger charge is -2.47. The van der Waals surface area contributed by atoms with E-state index in [-0.39, 0.29) is 5.82 Å². The molecule has 0 spiro atoms. The molecule has 38 heavy (non-hydrogen) atoms. The van der Waals surface area contributed by atoms with Crippen LogP contribution in [0.2, 0.25) is 0 Å². The molecule has 3 fully saturated rings. The molecular weight excluding hydrogens is 473 g/mol. The fourth-order valence-electron chi connectivity index (χ4n) is 6.59. The first kappa shape index (κ1) is 23.1. The second-order valence-corrected chi connectivity index (χ2v) is 10.9. The van der Waals surface area contributed by atoms with Crippen LogP contribution in [-0.2, 0) is 0 Å². The highest BCUT2D eigenvalue weighted by Crippen LogP contribution is 2.46. The maximum Gasteiger partial charge on any atom is 0.164 e. The molecule has 0 aliphatic heterocycles. The molecule has 0 saturated heterocycles. The summed E-state index contributed by atoms with van der Waals surface area (Å²) in [6.07, 6.45) is 8.29. The van der Waals surface area contributed by atoms with Gasteiger partial charge in [-0.15, -0.1) is 0 Å². The minimum Gasteiger partial charge on any atom is -0.367 e. The van der Waals surface area contributed by atoms with E-state index in [1.807, 2.05) is 12.3 Å². The first-order valence-electron chi connectivity index (χ1n) is 13.6. The molecule has 0 amide bonds. The van der Waals surface area contributed by atoms with Crippen LogP contribution in [0.15, 0.2) is 79.1 Å². The number of rotatable bonds is 5. The third kappa shape index (κ3) is 4.14. The van der Waals surface area contributed by atoms with Crippen LogP contribution in [0.4, 0.5) is 10.2 Å². The largest absolute Gasteiger partial charge is 0.367 e. The number of anilines is 1. The molecule has 5 nitrogen and oxygen atoms in total. The van der Waals surface area contributed by atoms with Gasteiger partial charge in [0.15, 0.2) is 5.82 Å². The fraction of sp³-hybridized carbons (Fsp3) is 0.281. The van der Waals surface area contributed by atoms with E-state index in [4.69, 9.17) is 9.97 Å². The number of benzene rings is 2. The van der Waals surface area contributed by atoms with Crippen LogP contribution in [0, 0.1) is 23.6 Å². The Bertz CT molecular complexity index is 1580. The summed E-state index contributed by atoms with van der Waals surface area (Å²) in [5.74, 6) is 3.07. The van der Waals surface area contributed by atoms with Crippen LogP contribution in [0.1, 0.15) is 32.6 Å². The summed E-state index contributed by atoms with van der Waals surface area (Å²) in [5.41, 5.74) is 5.56. The Morgan fingerprint density at radius 3 is 2.32 bits per heavy atom. The Hall–Kier alpha value is -4.06.